The maximum absolute atomic E-state index is 6.54. The molecule has 0 aromatic heterocycles. The Morgan fingerprint density at radius 1 is 1.20 bits per heavy atom. The third-order valence-corrected chi connectivity index (χ3v) is 5.43. The quantitative estimate of drug-likeness (QED) is 0.897. The zero-order valence-corrected chi connectivity index (χ0v) is 13.3. The Hall–Kier alpha value is -0.420. The molecule has 2 heterocycles. The summed E-state index contributed by atoms with van der Waals surface area (Å²) in [7, 11) is 0. The van der Waals surface area contributed by atoms with Crippen molar-refractivity contribution in [3.8, 4) is 0 Å². The lowest BCUT2D eigenvalue weighted by Crippen LogP contribution is -2.46. The van der Waals surface area contributed by atoms with Crippen molar-refractivity contribution in [1.82, 2.24) is 0 Å². The Bertz CT molecular complexity index is 454. The standard InChI is InChI=1S/C16H22BrNO2/c17-14-4-2-1-3-13(14)15(18)12-5-8-20-16(11-12)6-9-19-10-7-16/h1-4,12,15H,5-11,18H2. The highest BCUT2D eigenvalue weighted by atomic mass is 79.9. The molecule has 0 radical (unpaired) electrons. The lowest BCUT2D eigenvalue weighted by Gasteiger charge is -2.44. The fraction of sp³-hybridized carbons (Fsp3) is 0.625. The van der Waals surface area contributed by atoms with Crippen LogP contribution in [-0.4, -0.2) is 25.4 Å². The average Bonchev–Trinajstić information content (AvgIpc) is 2.48. The van der Waals surface area contributed by atoms with Crippen LogP contribution in [0.5, 0.6) is 0 Å². The maximum atomic E-state index is 6.54. The maximum Gasteiger partial charge on any atom is 0.0729 e. The number of halogens is 1. The van der Waals surface area contributed by atoms with Crippen molar-refractivity contribution in [3.63, 3.8) is 0 Å². The summed E-state index contributed by atoms with van der Waals surface area (Å²) in [5.74, 6) is 0.487. The minimum Gasteiger partial charge on any atom is -0.381 e. The highest BCUT2D eigenvalue weighted by Gasteiger charge is 2.41. The first-order valence-corrected chi connectivity index (χ1v) is 8.21. The van der Waals surface area contributed by atoms with Crippen LogP contribution in [0.2, 0.25) is 0 Å². The van der Waals surface area contributed by atoms with E-state index in [0.717, 1.165) is 50.0 Å². The van der Waals surface area contributed by atoms with Crippen molar-refractivity contribution >= 4 is 15.9 Å². The molecule has 0 saturated carbocycles. The van der Waals surface area contributed by atoms with Crippen molar-refractivity contribution in [2.24, 2.45) is 11.7 Å². The predicted octanol–water partition coefficient (Wildman–Crippen LogP) is 3.42. The predicted molar refractivity (Wildman–Crippen MR) is 82.5 cm³/mol. The molecule has 110 valence electrons. The van der Waals surface area contributed by atoms with Gasteiger partial charge >= 0.3 is 0 Å². The number of hydrogen-bond acceptors (Lipinski definition) is 3. The van der Waals surface area contributed by atoms with E-state index >= 15 is 0 Å². The van der Waals surface area contributed by atoms with Gasteiger partial charge in [-0.2, -0.15) is 0 Å². The van der Waals surface area contributed by atoms with Crippen molar-refractivity contribution in [3.05, 3.63) is 34.3 Å². The van der Waals surface area contributed by atoms with E-state index in [4.69, 9.17) is 15.2 Å². The minimum atomic E-state index is 0.0139. The molecule has 3 nitrogen and oxygen atoms in total. The second-order valence-electron chi connectivity index (χ2n) is 5.94. The topological polar surface area (TPSA) is 44.5 Å². The van der Waals surface area contributed by atoms with Crippen LogP contribution in [0.3, 0.4) is 0 Å². The number of nitrogens with two attached hydrogens (primary N) is 1. The van der Waals surface area contributed by atoms with Gasteiger partial charge in [0.15, 0.2) is 0 Å². The zero-order valence-electron chi connectivity index (χ0n) is 11.7. The van der Waals surface area contributed by atoms with E-state index in [1.165, 1.54) is 5.56 Å². The van der Waals surface area contributed by atoms with E-state index in [1.807, 2.05) is 6.07 Å². The molecule has 1 spiro atoms. The summed E-state index contributed by atoms with van der Waals surface area (Å²) in [4.78, 5) is 0. The Morgan fingerprint density at radius 3 is 2.70 bits per heavy atom. The molecule has 2 aliphatic heterocycles. The number of ether oxygens (including phenoxy) is 2. The van der Waals surface area contributed by atoms with Crippen LogP contribution in [0.25, 0.3) is 0 Å². The van der Waals surface area contributed by atoms with Crippen LogP contribution in [0.15, 0.2) is 28.7 Å². The molecule has 1 aromatic carbocycles. The van der Waals surface area contributed by atoms with Crippen LogP contribution in [-0.2, 0) is 9.47 Å². The Kier molecular flexibility index (Phi) is 4.46. The van der Waals surface area contributed by atoms with Crippen molar-refractivity contribution in [2.75, 3.05) is 19.8 Å². The summed E-state index contributed by atoms with van der Waals surface area (Å²) in [6.07, 6.45) is 4.11. The SMILES string of the molecule is NC(c1ccccc1Br)C1CCOC2(CCOCC2)C1. The molecule has 0 aliphatic carbocycles. The highest BCUT2D eigenvalue weighted by Crippen LogP contribution is 2.42. The Balaban J connectivity index is 1.75. The first-order chi connectivity index (χ1) is 9.70. The molecule has 20 heavy (non-hydrogen) atoms. The largest absolute Gasteiger partial charge is 0.381 e. The third kappa shape index (κ3) is 2.93. The van der Waals surface area contributed by atoms with Gasteiger partial charge in [0.1, 0.15) is 0 Å². The van der Waals surface area contributed by atoms with E-state index in [2.05, 4.69) is 34.1 Å². The summed E-state index contributed by atoms with van der Waals surface area (Å²) < 4.78 is 12.7. The summed E-state index contributed by atoms with van der Waals surface area (Å²) in [5.41, 5.74) is 7.77. The molecule has 3 rings (SSSR count). The minimum absolute atomic E-state index is 0.0139. The lowest BCUT2D eigenvalue weighted by atomic mass is 9.76. The van der Waals surface area contributed by atoms with Crippen LogP contribution >= 0.6 is 15.9 Å². The van der Waals surface area contributed by atoms with Crippen molar-refractivity contribution in [2.45, 2.75) is 37.3 Å². The molecule has 2 unspecified atom stereocenters. The van der Waals surface area contributed by atoms with Crippen molar-refractivity contribution < 1.29 is 9.47 Å². The second kappa shape index (κ2) is 6.14. The first kappa shape index (κ1) is 14.5. The Morgan fingerprint density at radius 2 is 1.95 bits per heavy atom. The number of rotatable bonds is 2. The number of hydrogen-bond donors (Lipinski definition) is 1. The summed E-state index contributed by atoms with van der Waals surface area (Å²) in [5, 5.41) is 0. The van der Waals surface area contributed by atoms with Gasteiger partial charge in [-0.05, 0) is 43.2 Å². The summed E-state index contributed by atoms with van der Waals surface area (Å²) in [6, 6.07) is 8.36. The van der Waals surface area contributed by atoms with E-state index in [1.54, 1.807) is 0 Å². The fourth-order valence-electron chi connectivity index (χ4n) is 3.46. The lowest BCUT2D eigenvalue weighted by molar-refractivity contribution is -0.149. The second-order valence-corrected chi connectivity index (χ2v) is 6.80. The average molecular weight is 340 g/mol. The molecule has 2 atom stereocenters. The van der Waals surface area contributed by atoms with Crippen molar-refractivity contribution in [1.29, 1.82) is 0 Å². The van der Waals surface area contributed by atoms with Gasteiger partial charge in [-0.3, -0.25) is 0 Å². The van der Waals surface area contributed by atoms with Crippen LogP contribution in [0.4, 0.5) is 0 Å². The first-order valence-electron chi connectivity index (χ1n) is 7.42. The molecule has 1 aromatic rings. The molecule has 2 fully saturated rings. The highest BCUT2D eigenvalue weighted by molar-refractivity contribution is 9.10. The molecule has 4 heteroatoms. The van der Waals surface area contributed by atoms with Gasteiger partial charge in [-0.25, -0.2) is 0 Å². The fourth-order valence-corrected chi connectivity index (χ4v) is 4.01. The van der Waals surface area contributed by atoms with E-state index in [-0.39, 0.29) is 11.6 Å². The normalized spacial score (nSPS) is 27.4. The monoisotopic (exact) mass is 339 g/mol. The van der Waals surface area contributed by atoms with Gasteiger partial charge in [0, 0.05) is 30.3 Å². The van der Waals surface area contributed by atoms with Gasteiger partial charge in [0.2, 0.25) is 0 Å². The molecule has 0 bridgehead atoms. The number of benzene rings is 1. The van der Waals surface area contributed by atoms with E-state index < -0.39 is 0 Å². The molecule has 0 amide bonds. The van der Waals surface area contributed by atoms with Crippen LogP contribution in [0.1, 0.15) is 37.3 Å². The Labute approximate surface area is 129 Å². The summed E-state index contributed by atoms with van der Waals surface area (Å²) >= 11 is 3.62. The molecule has 2 saturated heterocycles. The smallest absolute Gasteiger partial charge is 0.0729 e. The summed E-state index contributed by atoms with van der Waals surface area (Å²) in [6.45, 7) is 2.46. The van der Waals surface area contributed by atoms with Gasteiger partial charge in [0.25, 0.3) is 0 Å². The molecular weight excluding hydrogens is 318 g/mol. The van der Waals surface area contributed by atoms with Crippen LogP contribution < -0.4 is 5.73 Å². The van der Waals surface area contributed by atoms with Gasteiger partial charge in [-0.1, -0.05) is 34.1 Å². The molecular formula is C16H22BrNO2. The van der Waals surface area contributed by atoms with E-state index in [0.29, 0.717) is 5.92 Å². The van der Waals surface area contributed by atoms with E-state index in [9.17, 15) is 0 Å². The van der Waals surface area contributed by atoms with Crippen LogP contribution in [0, 0.1) is 5.92 Å². The third-order valence-electron chi connectivity index (χ3n) is 4.71. The molecule has 2 aliphatic rings. The zero-order chi connectivity index (χ0) is 14.0. The van der Waals surface area contributed by atoms with Gasteiger partial charge in [0.05, 0.1) is 5.60 Å². The molecule has 2 N–H and O–H groups in total. The van der Waals surface area contributed by atoms with Gasteiger partial charge in [-0.15, -0.1) is 0 Å². The van der Waals surface area contributed by atoms with Gasteiger partial charge < -0.3 is 15.2 Å².